The Labute approximate surface area is 136 Å². The summed E-state index contributed by atoms with van der Waals surface area (Å²) in [4.78, 5) is 4.98. The first kappa shape index (κ1) is 14.9. The van der Waals surface area contributed by atoms with Gasteiger partial charge in [-0.25, -0.2) is 4.39 Å². The van der Waals surface area contributed by atoms with Gasteiger partial charge in [0.2, 0.25) is 0 Å². The standard InChI is InChI=1S/C19H23FN2O/c1-14-5-6-19(23-14)13-22-11-16-9-21(10-17(16)12-22)8-15-3-2-4-18(20)7-15/h2-7,16-17H,8-13H2,1H3. The largest absolute Gasteiger partial charge is 0.465 e. The third-order valence-electron chi connectivity index (χ3n) is 5.11. The molecule has 0 aliphatic carbocycles. The number of aryl methyl sites for hydroxylation is 1. The number of benzene rings is 1. The number of hydrogen-bond donors (Lipinski definition) is 0. The number of nitrogens with zero attached hydrogens (tertiary/aromatic N) is 2. The van der Waals surface area contributed by atoms with Crippen LogP contribution in [0.2, 0.25) is 0 Å². The number of halogens is 1. The van der Waals surface area contributed by atoms with Crippen LogP contribution in [0.3, 0.4) is 0 Å². The van der Waals surface area contributed by atoms with E-state index in [4.69, 9.17) is 4.42 Å². The van der Waals surface area contributed by atoms with Crippen molar-refractivity contribution in [3.63, 3.8) is 0 Å². The van der Waals surface area contributed by atoms with Crippen molar-refractivity contribution in [3.05, 3.63) is 59.3 Å². The van der Waals surface area contributed by atoms with Crippen LogP contribution in [0.4, 0.5) is 4.39 Å². The van der Waals surface area contributed by atoms with Crippen LogP contribution < -0.4 is 0 Å². The van der Waals surface area contributed by atoms with E-state index in [1.165, 1.54) is 6.07 Å². The van der Waals surface area contributed by atoms with Gasteiger partial charge in [0.05, 0.1) is 6.54 Å². The minimum absolute atomic E-state index is 0.137. The fourth-order valence-corrected chi connectivity index (χ4v) is 4.13. The van der Waals surface area contributed by atoms with Crippen molar-refractivity contribution in [1.82, 2.24) is 9.80 Å². The molecule has 3 nitrogen and oxygen atoms in total. The van der Waals surface area contributed by atoms with Gasteiger partial charge in [0, 0.05) is 32.7 Å². The average molecular weight is 314 g/mol. The van der Waals surface area contributed by atoms with Gasteiger partial charge in [-0.2, -0.15) is 0 Å². The van der Waals surface area contributed by atoms with Gasteiger partial charge < -0.3 is 4.42 Å². The topological polar surface area (TPSA) is 19.6 Å². The predicted molar refractivity (Wildman–Crippen MR) is 87.4 cm³/mol. The van der Waals surface area contributed by atoms with Crippen LogP contribution in [0.25, 0.3) is 0 Å². The molecule has 0 spiro atoms. The van der Waals surface area contributed by atoms with Gasteiger partial charge in [0.25, 0.3) is 0 Å². The Balaban J connectivity index is 1.31. The Morgan fingerprint density at radius 2 is 1.70 bits per heavy atom. The summed E-state index contributed by atoms with van der Waals surface area (Å²) in [5, 5.41) is 0. The van der Waals surface area contributed by atoms with Crippen LogP contribution in [0.5, 0.6) is 0 Å². The van der Waals surface area contributed by atoms with Crippen LogP contribution in [-0.4, -0.2) is 36.0 Å². The molecule has 2 atom stereocenters. The molecule has 1 aromatic carbocycles. The molecule has 4 heteroatoms. The lowest BCUT2D eigenvalue weighted by Crippen LogP contribution is -2.28. The van der Waals surface area contributed by atoms with Gasteiger partial charge in [-0.15, -0.1) is 0 Å². The van der Waals surface area contributed by atoms with Crippen LogP contribution >= 0.6 is 0 Å². The number of hydrogen-bond acceptors (Lipinski definition) is 3. The number of furan rings is 1. The SMILES string of the molecule is Cc1ccc(CN2CC3CN(Cc4cccc(F)c4)CC3C2)o1. The molecule has 122 valence electrons. The molecule has 0 amide bonds. The van der Waals surface area contributed by atoms with E-state index in [0.29, 0.717) is 0 Å². The zero-order valence-corrected chi connectivity index (χ0v) is 13.5. The average Bonchev–Trinajstić information content (AvgIpc) is 3.14. The fraction of sp³-hybridized carbons (Fsp3) is 0.474. The number of fused-ring (bicyclic) bond motifs is 1. The van der Waals surface area contributed by atoms with Crippen LogP contribution in [0, 0.1) is 24.6 Å². The lowest BCUT2D eigenvalue weighted by molar-refractivity contribution is 0.234. The first-order chi connectivity index (χ1) is 11.2. The van der Waals surface area contributed by atoms with E-state index < -0.39 is 0 Å². The van der Waals surface area contributed by atoms with Crippen molar-refractivity contribution >= 4 is 0 Å². The third kappa shape index (κ3) is 3.33. The summed E-state index contributed by atoms with van der Waals surface area (Å²) >= 11 is 0. The second kappa shape index (κ2) is 6.10. The van der Waals surface area contributed by atoms with Crippen LogP contribution in [-0.2, 0) is 13.1 Å². The summed E-state index contributed by atoms with van der Waals surface area (Å²) in [6, 6.07) is 11.1. The van der Waals surface area contributed by atoms with E-state index in [0.717, 1.165) is 68.2 Å². The molecule has 0 radical (unpaired) electrons. The van der Waals surface area contributed by atoms with E-state index in [1.54, 1.807) is 12.1 Å². The molecule has 3 heterocycles. The van der Waals surface area contributed by atoms with Crippen molar-refractivity contribution in [2.45, 2.75) is 20.0 Å². The van der Waals surface area contributed by atoms with Gasteiger partial charge in [-0.3, -0.25) is 9.80 Å². The van der Waals surface area contributed by atoms with Crippen LogP contribution in [0.15, 0.2) is 40.8 Å². The summed E-state index contributed by atoms with van der Waals surface area (Å²) in [7, 11) is 0. The van der Waals surface area contributed by atoms with E-state index >= 15 is 0 Å². The number of rotatable bonds is 4. The maximum atomic E-state index is 13.3. The Morgan fingerprint density at radius 1 is 1.00 bits per heavy atom. The second-order valence-electron chi connectivity index (χ2n) is 7.05. The fourth-order valence-electron chi connectivity index (χ4n) is 4.13. The maximum absolute atomic E-state index is 13.3. The van der Waals surface area contributed by atoms with Crippen molar-refractivity contribution < 1.29 is 8.81 Å². The summed E-state index contributed by atoms with van der Waals surface area (Å²) < 4.78 is 19.0. The Kier molecular flexibility index (Phi) is 3.95. The quantitative estimate of drug-likeness (QED) is 0.863. The second-order valence-corrected chi connectivity index (χ2v) is 7.05. The van der Waals surface area contributed by atoms with Crippen molar-refractivity contribution in [1.29, 1.82) is 0 Å². The lowest BCUT2D eigenvalue weighted by Gasteiger charge is -2.20. The highest BCUT2D eigenvalue weighted by molar-refractivity contribution is 5.16. The Morgan fingerprint density at radius 3 is 2.30 bits per heavy atom. The molecule has 2 unspecified atom stereocenters. The molecule has 1 aromatic heterocycles. The molecule has 0 N–H and O–H groups in total. The summed E-state index contributed by atoms with van der Waals surface area (Å²) in [6.07, 6.45) is 0. The third-order valence-corrected chi connectivity index (χ3v) is 5.11. The smallest absolute Gasteiger partial charge is 0.123 e. The van der Waals surface area contributed by atoms with Crippen LogP contribution in [0.1, 0.15) is 17.1 Å². The van der Waals surface area contributed by atoms with E-state index in [9.17, 15) is 4.39 Å². The van der Waals surface area contributed by atoms with E-state index in [-0.39, 0.29) is 5.82 Å². The van der Waals surface area contributed by atoms with Gasteiger partial charge in [-0.1, -0.05) is 12.1 Å². The highest BCUT2D eigenvalue weighted by Gasteiger charge is 2.39. The highest BCUT2D eigenvalue weighted by atomic mass is 19.1. The Hall–Kier alpha value is -1.65. The first-order valence-corrected chi connectivity index (χ1v) is 8.40. The van der Waals surface area contributed by atoms with Gasteiger partial charge in [0.15, 0.2) is 0 Å². The predicted octanol–water partition coefficient (Wildman–Crippen LogP) is 3.29. The molecule has 23 heavy (non-hydrogen) atoms. The zero-order valence-electron chi connectivity index (χ0n) is 13.5. The van der Waals surface area contributed by atoms with Gasteiger partial charge in [-0.05, 0) is 48.6 Å². The minimum Gasteiger partial charge on any atom is -0.465 e. The summed E-state index contributed by atoms with van der Waals surface area (Å²) in [6.45, 7) is 8.30. The van der Waals surface area contributed by atoms with E-state index in [1.807, 2.05) is 19.1 Å². The lowest BCUT2D eigenvalue weighted by atomic mass is 10.0. The first-order valence-electron chi connectivity index (χ1n) is 8.40. The molecule has 4 rings (SSSR count). The summed E-state index contributed by atoms with van der Waals surface area (Å²) in [5.41, 5.74) is 1.08. The molecule has 0 bridgehead atoms. The monoisotopic (exact) mass is 314 g/mol. The zero-order chi connectivity index (χ0) is 15.8. The normalized spacial score (nSPS) is 25.1. The molecule has 2 saturated heterocycles. The Bertz CT molecular complexity index is 670. The molecule has 2 aliphatic heterocycles. The maximum Gasteiger partial charge on any atom is 0.123 e. The van der Waals surface area contributed by atoms with Crippen molar-refractivity contribution in [2.75, 3.05) is 26.2 Å². The molecule has 2 aliphatic rings. The molecule has 0 saturated carbocycles. The highest BCUT2D eigenvalue weighted by Crippen LogP contribution is 2.32. The van der Waals surface area contributed by atoms with Gasteiger partial charge >= 0.3 is 0 Å². The van der Waals surface area contributed by atoms with Crippen molar-refractivity contribution in [2.24, 2.45) is 11.8 Å². The number of likely N-dealkylation sites (tertiary alicyclic amines) is 2. The summed E-state index contributed by atoms with van der Waals surface area (Å²) in [5.74, 6) is 3.39. The van der Waals surface area contributed by atoms with Gasteiger partial charge in [0.1, 0.15) is 17.3 Å². The molecular weight excluding hydrogens is 291 g/mol. The molecule has 2 fully saturated rings. The molecule has 2 aromatic rings. The van der Waals surface area contributed by atoms with Crippen molar-refractivity contribution in [3.8, 4) is 0 Å². The van der Waals surface area contributed by atoms with E-state index in [2.05, 4.69) is 15.9 Å². The molecular formula is C19H23FN2O. The minimum atomic E-state index is -0.137.